The van der Waals surface area contributed by atoms with Gasteiger partial charge in [0.05, 0.1) is 21.8 Å². The van der Waals surface area contributed by atoms with Crippen molar-refractivity contribution in [3.63, 3.8) is 0 Å². The van der Waals surface area contributed by atoms with Gasteiger partial charge >= 0.3 is 0 Å². The Morgan fingerprint density at radius 1 is 0.900 bits per heavy atom. The molecule has 0 atom stereocenters. The number of halogens is 3. The van der Waals surface area contributed by atoms with Crippen molar-refractivity contribution in [2.75, 3.05) is 4.90 Å². The summed E-state index contributed by atoms with van der Waals surface area (Å²) in [6.07, 6.45) is 0. The lowest BCUT2D eigenvalue weighted by Gasteiger charge is -2.14. The van der Waals surface area contributed by atoms with Crippen molar-refractivity contribution >= 4 is 29.1 Å². The summed E-state index contributed by atoms with van der Waals surface area (Å²) in [6, 6.07) is 6.85. The predicted molar refractivity (Wildman–Crippen MR) is 69.0 cm³/mol. The number of benzene rings is 2. The van der Waals surface area contributed by atoms with E-state index in [0.717, 1.165) is 23.1 Å². The highest BCUT2D eigenvalue weighted by Crippen LogP contribution is 2.31. The van der Waals surface area contributed by atoms with Crippen LogP contribution in [-0.4, -0.2) is 11.8 Å². The maximum absolute atomic E-state index is 13.2. The number of carbonyl (C=O) groups is 2. The normalized spacial score (nSPS) is 13.8. The number of carbonyl (C=O) groups excluding carboxylic acids is 2. The first kappa shape index (κ1) is 12.7. The third-order valence-electron chi connectivity index (χ3n) is 3.01. The lowest BCUT2D eigenvalue weighted by Crippen LogP contribution is -2.29. The average Bonchev–Trinajstić information content (AvgIpc) is 2.65. The van der Waals surface area contributed by atoms with Gasteiger partial charge in [-0.25, -0.2) is 13.7 Å². The zero-order valence-electron chi connectivity index (χ0n) is 9.86. The lowest BCUT2D eigenvalue weighted by atomic mass is 10.1. The summed E-state index contributed by atoms with van der Waals surface area (Å²) < 4.78 is 26.3. The molecule has 6 heteroatoms. The van der Waals surface area contributed by atoms with E-state index < -0.39 is 23.4 Å². The van der Waals surface area contributed by atoms with Crippen LogP contribution in [0.5, 0.6) is 0 Å². The maximum Gasteiger partial charge on any atom is 0.266 e. The number of anilines is 1. The Bertz CT molecular complexity index is 761. The van der Waals surface area contributed by atoms with Crippen LogP contribution in [0.2, 0.25) is 5.02 Å². The molecule has 2 aromatic rings. The monoisotopic (exact) mass is 293 g/mol. The molecule has 0 fully saturated rings. The smallest absolute Gasteiger partial charge is 0.266 e. The fourth-order valence-corrected chi connectivity index (χ4v) is 2.25. The van der Waals surface area contributed by atoms with Crippen molar-refractivity contribution in [2.24, 2.45) is 0 Å². The molecule has 0 saturated carbocycles. The van der Waals surface area contributed by atoms with Gasteiger partial charge in [0, 0.05) is 0 Å². The fraction of sp³-hybridized carbons (Fsp3) is 0. The van der Waals surface area contributed by atoms with E-state index in [4.69, 9.17) is 11.6 Å². The van der Waals surface area contributed by atoms with E-state index in [1.807, 2.05) is 0 Å². The molecule has 0 aromatic heterocycles. The summed E-state index contributed by atoms with van der Waals surface area (Å²) in [5.41, 5.74) is 0.232. The van der Waals surface area contributed by atoms with Crippen LogP contribution in [0.3, 0.4) is 0 Å². The van der Waals surface area contributed by atoms with Gasteiger partial charge in [0.25, 0.3) is 11.8 Å². The largest absolute Gasteiger partial charge is 0.268 e. The topological polar surface area (TPSA) is 37.4 Å². The number of imide groups is 1. The number of amides is 2. The number of nitrogens with zero attached hydrogens (tertiary/aromatic N) is 1. The van der Waals surface area contributed by atoms with Crippen molar-refractivity contribution in [2.45, 2.75) is 0 Å². The first-order chi connectivity index (χ1) is 9.49. The van der Waals surface area contributed by atoms with Crippen molar-refractivity contribution < 1.29 is 18.4 Å². The van der Waals surface area contributed by atoms with Crippen molar-refractivity contribution in [3.8, 4) is 0 Å². The number of hydrogen-bond acceptors (Lipinski definition) is 2. The van der Waals surface area contributed by atoms with E-state index >= 15 is 0 Å². The van der Waals surface area contributed by atoms with Gasteiger partial charge < -0.3 is 0 Å². The first-order valence-corrected chi connectivity index (χ1v) is 6.00. The molecule has 2 aromatic carbocycles. The summed E-state index contributed by atoms with van der Waals surface area (Å²) >= 11 is 5.64. The zero-order valence-corrected chi connectivity index (χ0v) is 10.6. The van der Waals surface area contributed by atoms with Crippen LogP contribution in [-0.2, 0) is 0 Å². The Kier molecular flexibility index (Phi) is 2.79. The van der Waals surface area contributed by atoms with Gasteiger partial charge in [-0.15, -0.1) is 0 Å². The zero-order chi connectivity index (χ0) is 14.4. The van der Waals surface area contributed by atoms with Crippen LogP contribution in [0, 0.1) is 11.6 Å². The minimum absolute atomic E-state index is 0.0181. The second-order valence-corrected chi connectivity index (χ2v) is 4.64. The Hall–Kier alpha value is -2.27. The summed E-state index contributed by atoms with van der Waals surface area (Å²) in [7, 11) is 0. The molecular formula is C14H6ClF2NO2. The molecular weight excluding hydrogens is 288 g/mol. The van der Waals surface area contributed by atoms with E-state index in [1.165, 1.54) is 18.2 Å². The molecule has 1 heterocycles. The molecule has 0 N–H and O–H groups in total. The molecule has 0 unspecified atom stereocenters. The van der Waals surface area contributed by atoms with E-state index in [0.29, 0.717) is 0 Å². The molecule has 3 rings (SSSR count). The summed E-state index contributed by atoms with van der Waals surface area (Å²) in [5.74, 6) is -2.51. The Morgan fingerprint density at radius 2 is 1.60 bits per heavy atom. The first-order valence-electron chi connectivity index (χ1n) is 5.62. The van der Waals surface area contributed by atoms with Crippen LogP contribution >= 0.6 is 11.6 Å². The second kappa shape index (κ2) is 4.38. The van der Waals surface area contributed by atoms with Gasteiger partial charge in [0.15, 0.2) is 0 Å². The standard InChI is InChI=1S/C14H6ClF2NO2/c15-11-6-8(2-4-12(11)17)18-13(19)9-3-1-7(16)5-10(9)14(18)20/h1-6H. The lowest BCUT2D eigenvalue weighted by molar-refractivity contribution is 0.0926. The molecule has 0 bridgehead atoms. The SMILES string of the molecule is O=C1c2ccc(F)cc2C(=O)N1c1ccc(F)c(Cl)c1. The summed E-state index contributed by atoms with van der Waals surface area (Å²) in [5, 5.41) is -0.203. The van der Waals surface area contributed by atoms with E-state index in [-0.39, 0.29) is 21.8 Å². The molecule has 0 spiro atoms. The third-order valence-corrected chi connectivity index (χ3v) is 3.30. The minimum atomic E-state index is -0.660. The van der Waals surface area contributed by atoms with Crippen LogP contribution in [0.4, 0.5) is 14.5 Å². The summed E-state index contributed by atoms with van der Waals surface area (Å²) in [6.45, 7) is 0. The van der Waals surface area contributed by atoms with Crippen LogP contribution in [0.25, 0.3) is 0 Å². The quantitative estimate of drug-likeness (QED) is 0.756. The van der Waals surface area contributed by atoms with Crippen molar-refractivity contribution in [1.82, 2.24) is 0 Å². The highest BCUT2D eigenvalue weighted by molar-refractivity contribution is 6.35. The number of rotatable bonds is 1. The number of hydrogen-bond donors (Lipinski definition) is 0. The van der Waals surface area contributed by atoms with Gasteiger partial charge in [0.2, 0.25) is 0 Å². The molecule has 2 amide bonds. The molecule has 20 heavy (non-hydrogen) atoms. The molecule has 3 nitrogen and oxygen atoms in total. The average molecular weight is 294 g/mol. The molecule has 0 aliphatic carbocycles. The highest BCUT2D eigenvalue weighted by Gasteiger charge is 2.37. The molecule has 0 saturated heterocycles. The van der Waals surface area contributed by atoms with Gasteiger partial charge in [-0.1, -0.05) is 11.6 Å². The van der Waals surface area contributed by atoms with Crippen LogP contribution < -0.4 is 4.90 Å². The van der Waals surface area contributed by atoms with Gasteiger partial charge in [0.1, 0.15) is 11.6 Å². The molecule has 0 radical (unpaired) electrons. The summed E-state index contributed by atoms with van der Waals surface area (Å²) in [4.78, 5) is 25.2. The highest BCUT2D eigenvalue weighted by atomic mass is 35.5. The maximum atomic E-state index is 13.2. The van der Waals surface area contributed by atoms with E-state index in [1.54, 1.807) is 0 Å². The van der Waals surface area contributed by atoms with Crippen LogP contribution in [0.15, 0.2) is 36.4 Å². The minimum Gasteiger partial charge on any atom is -0.268 e. The van der Waals surface area contributed by atoms with Crippen molar-refractivity contribution in [3.05, 3.63) is 64.2 Å². The van der Waals surface area contributed by atoms with E-state index in [2.05, 4.69) is 0 Å². The van der Waals surface area contributed by atoms with Gasteiger partial charge in [-0.2, -0.15) is 0 Å². The number of fused-ring (bicyclic) bond motifs is 1. The van der Waals surface area contributed by atoms with E-state index in [9.17, 15) is 18.4 Å². The van der Waals surface area contributed by atoms with Gasteiger partial charge in [-0.05, 0) is 36.4 Å². The molecule has 1 aliphatic rings. The Balaban J connectivity index is 2.11. The Morgan fingerprint density at radius 3 is 2.30 bits per heavy atom. The Labute approximate surface area is 117 Å². The molecule has 100 valence electrons. The van der Waals surface area contributed by atoms with Gasteiger partial charge in [-0.3, -0.25) is 9.59 Å². The van der Waals surface area contributed by atoms with Crippen molar-refractivity contribution in [1.29, 1.82) is 0 Å². The predicted octanol–water partition coefficient (Wildman–Crippen LogP) is 3.42. The molecule has 1 aliphatic heterocycles. The third kappa shape index (κ3) is 1.78. The fourth-order valence-electron chi connectivity index (χ4n) is 2.07. The second-order valence-electron chi connectivity index (χ2n) is 4.23. The van der Waals surface area contributed by atoms with Crippen LogP contribution in [0.1, 0.15) is 20.7 Å².